The van der Waals surface area contributed by atoms with Gasteiger partial charge in [0.25, 0.3) is 0 Å². The van der Waals surface area contributed by atoms with Gasteiger partial charge in [-0.15, -0.1) is 11.3 Å². The highest BCUT2D eigenvalue weighted by atomic mass is 32.1. The number of rotatable bonds is 5. The predicted octanol–water partition coefficient (Wildman–Crippen LogP) is 5.39. The van der Waals surface area contributed by atoms with Gasteiger partial charge in [0, 0.05) is 34.5 Å². The first kappa shape index (κ1) is 20.2. The van der Waals surface area contributed by atoms with Crippen molar-refractivity contribution in [1.82, 2.24) is 4.98 Å². The number of aromatic nitrogens is 1. The Kier molecular flexibility index (Phi) is 5.31. The summed E-state index contributed by atoms with van der Waals surface area (Å²) in [6, 6.07) is 18.9. The normalized spacial score (nSPS) is 15.2. The Hall–Kier alpha value is -3.74. The minimum atomic E-state index is -0.670. The fourth-order valence-corrected chi connectivity index (χ4v) is 5.13. The average molecular weight is 441 g/mol. The zero-order valence-corrected chi connectivity index (χ0v) is 17.8. The summed E-state index contributed by atoms with van der Waals surface area (Å²) in [5.74, 6) is 0.0520. The number of nitrogens with zero attached hydrogens (tertiary/aromatic N) is 1. The number of hydrogen-bond donors (Lipinski definition) is 3. The number of thiophene rings is 1. The fourth-order valence-electron chi connectivity index (χ4n) is 4.13. The van der Waals surface area contributed by atoms with E-state index in [1.54, 1.807) is 18.5 Å². The van der Waals surface area contributed by atoms with Crippen LogP contribution in [0.5, 0.6) is 0 Å². The van der Waals surface area contributed by atoms with Gasteiger partial charge in [-0.25, -0.2) is 0 Å². The highest BCUT2D eigenvalue weighted by molar-refractivity contribution is 7.15. The molecule has 1 unspecified atom stereocenters. The van der Waals surface area contributed by atoms with Crippen LogP contribution in [0.4, 0.5) is 5.00 Å². The summed E-state index contributed by atoms with van der Waals surface area (Å²) in [5.41, 5.74) is 6.30. The minimum absolute atomic E-state index is 0.0520. The molecule has 3 heterocycles. The molecular formula is C26H20N2O3S. The monoisotopic (exact) mass is 440 g/mol. The number of carbonyl (C=O) groups is 1. The zero-order chi connectivity index (χ0) is 22.1. The van der Waals surface area contributed by atoms with Gasteiger partial charge in [-0.1, -0.05) is 48.5 Å². The van der Waals surface area contributed by atoms with Crippen LogP contribution in [0.1, 0.15) is 16.7 Å². The SMILES string of the molecule is O=CC1Nc2scc(-c3ccc(-c4ccccc4)cc3CO)c2C(O)=C1c1cccnc1. The van der Waals surface area contributed by atoms with E-state index in [0.717, 1.165) is 39.1 Å². The second-order valence-corrected chi connectivity index (χ2v) is 8.39. The van der Waals surface area contributed by atoms with E-state index in [1.165, 1.54) is 11.3 Å². The van der Waals surface area contributed by atoms with Crippen LogP contribution in [0.25, 0.3) is 33.6 Å². The standard InChI is InChI=1S/C26H20N2O3S/c29-13-19-11-17(16-5-2-1-3-6-16)8-9-20(19)21-15-32-26-24(21)25(31)23(22(14-30)28-26)18-7-4-10-27-12-18/h1-12,14-15,22,28-29,31H,13H2. The van der Waals surface area contributed by atoms with Crippen molar-refractivity contribution in [2.24, 2.45) is 0 Å². The van der Waals surface area contributed by atoms with E-state index in [0.29, 0.717) is 16.7 Å². The molecule has 6 heteroatoms. The molecule has 4 aromatic rings. The van der Waals surface area contributed by atoms with Gasteiger partial charge in [-0.3, -0.25) is 4.98 Å². The Morgan fingerprint density at radius 1 is 1.00 bits per heavy atom. The number of aliphatic hydroxyl groups is 2. The summed E-state index contributed by atoms with van der Waals surface area (Å²) >= 11 is 1.43. The molecule has 1 aliphatic rings. The highest BCUT2D eigenvalue weighted by Gasteiger charge is 2.31. The number of anilines is 1. The number of fused-ring (bicyclic) bond motifs is 1. The Bertz CT molecular complexity index is 1310. The summed E-state index contributed by atoms with van der Waals surface area (Å²) in [7, 11) is 0. The third kappa shape index (κ3) is 3.39. The molecule has 0 amide bonds. The lowest BCUT2D eigenvalue weighted by atomic mass is 9.89. The Morgan fingerprint density at radius 2 is 1.81 bits per heavy atom. The van der Waals surface area contributed by atoms with Crippen molar-refractivity contribution < 1.29 is 15.0 Å². The Labute approximate surface area is 189 Å². The maximum atomic E-state index is 11.8. The molecule has 0 bridgehead atoms. The van der Waals surface area contributed by atoms with Crippen LogP contribution >= 0.6 is 11.3 Å². The number of pyridine rings is 1. The molecule has 3 N–H and O–H groups in total. The highest BCUT2D eigenvalue weighted by Crippen LogP contribution is 2.46. The van der Waals surface area contributed by atoms with Crippen LogP contribution in [-0.4, -0.2) is 27.5 Å². The summed E-state index contributed by atoms with van der Waals surface area (Å²) in [6.45, 7) is -0.134. The molecule has 32 heavy (non-hydrogen) atoms. The van der Waals surface area contributed by atoms with Gasteiger partial charge in [0.1, 0.15) is 23.1 Å². The molecule has 2 aromatic carbocycles. The van der Waals surface area contributed by atoms with E-state index < -0.39 is 6.04 Å². The van der Waals surface area contributed by atoms with Crippen molar-refractivity contribution in [2.75, 3.05) is 5.32 Å². The van der Waals surface area contributed by atoms with E-state index in [1.807, 2.05) is 60.0 Å². The van der Waals surface area contributed by atoms with Crippen LogP contribution in [0.3, 0.4) is 0 Å². The third-order valence-electron chi connectivity index (χ3n) is 5.66. The summed E-state index contributed by atoms with van der Waals surface area (Å²) in [5, 5.41) is 27.3. The van der Waals surface area contributed by atoms with Crippen molar-refractivity contribution >= 4 is 34.0 Å². The van der Waals surface area contributed by atoms with Crippen molar-refractivity contribution in [3.05, 3.63) is 95.1 Å². The predicted molar refractivity (Wildman–Crippen MR) is 128 cm³/mol. The molecule has 0 saturated carbocycles. The maximum absolute atomic E-state index is 11.8. The quantitative estimate of drug-likeness (QED) is 0.363. The van der Waals surface area contributed by atoms with Crippen LogP contribution in [0.2, 0.25) is 0 Å². The number of carbonyl (C=O) groups excluding carboxylic acids is 1. The summed E-state index contributed by atoms with van der Waals surface area (Å²) in [4.78, 5) is 15.9. The van der Waals surface area contributed by atoms with Crippen molar-refractivity contribution in [3.8, 4) is 22.3 Å². The first-order chi connectivity index (χ1) is 15.7. The second kappa shape index (κ2) is 8.42. The van der Waals surface area contributed by atoms with Gasteiger partial charge in [0.15, 0.2) is 0 Å². The molecule has 0 spiro atoms. The Morgan fingerprint density at radius 3 is 2.53 bits per heavy atom. The minimum Gasteiger partial charge on any atom is -0.507 e. The van der Waals surface area contributed by atoms with Crippen LogP contribution < -0.4 is 5.32 Å². The first-order valence-electron chi connectivity index (χ1n) is 10.2. The molecular weight excluding hydrogens is 420 g/mol. The second-order valence-electron chi connectivity index (χ2n) is 7.51. The van der Waals surface area contributed by atoms with Gasteiger partial charge in [0.2, 0.25) is 0 Å². The number of nitrogens with one attached hydrogen (secondary N) is 1. The molecule has 1 aliphatic heterocycles. The molecule has 1 atom stereocenters. The average Bonchev–Trinajstić information content (AvgIpc) is 3.28. The lowest BCUT2D eigenvalue weighted by molar-refractivity contribution is -0.107. The molecule has 5 rings (SSSR count). The number of hydrogen-bond acceptors (Lipinski definition) is 6. The molecule has 2 aromatic heterocycles. The smallest absolute Gasteiger partial charge is 0.146 e. The molecule has 0 radical (unpaired) electrons. The van der Waals surface area contributed by atoms with Gasteiger partial charge in [-0.2, -0.15) is 0 Å². The lowest BCUT2D eigenvalue weighted by Gasteiger charge is -2.25. The third-order valence-corrected chi connectivity index (χ3v) is 6.57. The van der Waals surface area contributed by atoms with Gasteiger partial charge in [-0.05, 0) is 34.4 Å². The van der Waals surface area contributed by atoms with Crippen LogP contribution in [0.15, 0.2) is 78.4 Å². The molecule has 5 nitrogen and oxygen atoms in total. The van der Waals surface area contributed by atoms with Crippen molar-refractivity contribution in [3.63, 3.8) is 0 Å². The van der Waals surface area contributed by atoms with E-state index in [4.69, 9.17) is 0 Å². The van der Waals surface area contributed by atoms with Crippen molar-refractivity contribution in [2.45, 2.75) is 12.6 Å². The molecule has 0 fully saturated rings. The van der Waals surface area contributed by atoms with Crippen LogP contribution in [-0.2, 0) is 11.4 Å². The lowest BCUT2D eigenvalue weighted by Crippen LogP contribution is -2.27. The zero-order valence-electron chi connectivity index (χ0n) is 17.0. The van der Waals surface area contributed by atoms with E-state index >= 15 is 0 Å². The summed E-state index contributed by atoms with van der Waals surface area (Å²) < 4.78 is 0. The molecule has 0 aliphatic carbocycles. The van der Waals surface area contributed by atoms with E-state index in [2.05, 4.69) is 10.3 Å². The van der Waals surface area contributed by atoms with E-state index in [-0.39, 0.29) is 12.4 Å². The molecule has 0 saturated heterocycles. The van der Waals surface area contributed by atoms with E-state index in [9.17, 15) is 15.0 Å². The number of aldehydes is 1. The fraction of sp³-hybridized carbons (Fsp3) is 0.0769. The van der Waals surface area contributed by atoms with Crippen LogP contribution in [0, 0.1) is 0 Å². The maximum Gasteiger partial charge on any atom is 0.146 e. The van der Waals surface area contributed by atoms with Gasteiger partial charge < -0.3 is 20.3 Å². The van der Waals surface area contributed by atoms with Crippen molar-refractivity contribution in [1.29, 1.82) is 0 Å². The largest absolute Gasteiger partial charge is 0.507 e. The number of benzene rings is 2. The van der Waals surface area contributed by atoms with Gasteiger partial charge >= 0.3 is 0 Å². The molecule has 158 valence electrons. The number of aliphatic hydroxyl groups excluding tert-OH is 2. The summed E-state index contributed by atoms with van der Waals surface area (Å²) in [6.07, 6.45) is 4.07. The first-order valence-corrected chi connectivity index (χ1v) is 11.1. The Balaban J connectivity index is 1.66. The van der Waals surface area contributed by atoms with Gasteiger partial charge in [0.05, 0.1) is 12.2 Å². The topological polar surface area (TPSA) is 82.5 Å².